The number of aliphatic imine (C=N–C) groups is 3. The van der Waals surface area contributed by atoms with Crippen molar-refractivity contribution in [3.05, 3.63) is 59.9 Å². The second-order valence-corrected chi connectivity index (χ2v) is 9.05. The molecular formula is C24H27N7. The molecule has 0 radical (unpaired) electrons. The van der Waals surface area contributed by atoms with Gasteiger partial charge in [-0.25, -0.2) is 9.98 Å². The van der Waals surface area contributed by atoms with Gasteiger partial charge in [0.25, 0.3) is 0 Å². The van der Waals surface area contributed by atoms with Crippen LogP contribution in [0.4, 0.5) is 5.69 Å². The largest absolute Gasteiger partial charge is 0.363 e. The molecule has 0 spiro atoms. The van der Waals surface area contributed by atoms with Crippen molar-refractivity contribution in [2.45, 2.75) is 50.4 Å². The average Bonchev–Trinajstić information content (AvgIpc) is 3.53. The molecule has 7 nitrogen and oxygen atoms in total. The molecule has 2 bridgehead atoms. The summed E-state index contributed by atoms with van der Waals surface area (Å²) in [6.07, 6.45) is 11.5. The second-order valence-electron chi connectivity index (χ2n) is 9.05. The van der Waals surface area contributed by atoms with Crippen LogP contribution in [0.3, 0.4) is 0 Å². The van der Waals surface area contributed by atoms with Gasteiger partial charge in [0.05, 0.1) is 12.4 Å². The highest BCUT2D eigenvalue weighted by Crippen LogP contribution is 2.46. The lowest BCUT2D eigenvalue weighted by Crippen LogP contribution is -2.55. The molecule has 5 atom stereocenters. The Hall–Kier alpha value is -3.22. The van der Waals surface area contributed by atoms with Crippen molar-refractivity contribution in [1.82, 2.24) is 15.6 Å². The third-order valence-corrected chi connectivity index (χ3v) is 6.96. The van der Waals surface area contributed by atoms with Crippen LogP contribution in [0.25, 0.3) is 0 Å². The third-order valence-electron chi connectivity index (χ3n) is 6.96. The van der Waals surface area contributed by atoms with E-state index < -0.39 is 0 Å². The van der Waals surface area contributed by atoms with Gasteiger partial charge in [-0.1, -0.05) is 18.6 Å². The number of anilines is 1. The van der Waals surface area contributed by atoms with Crippen molar-refractivity contribution >= 4 is 23.8 Å². The number of hydrogen-bond donors (Lipinski definition) is 3. The Labute approximate surface area is 182 Å². The minimum absolute atomic E-state index is 0.0208. The van der Waals surface area contributed by atoms with E-state index in [-0.39, 0.29) is 12.2 Å². The summed E-state index contributed by atoms with van der Waals surface area (Å²) in [7, 11) is 0. The number of guanidine groups is 1. The molecule has 31 heavy (non-hydrogen) atoms. The fourth-order valence-corrected chi connectivity index (χ4v) is 5.37. The molecule has 1 aromatic carbocycles. The van der Waals surface area contributed by atoms with Crippen LogP contribution in [0, 0.1) is 11.8 Å². The van der Waals surface area contributed by atoms with Crippen molar-refractivity contribution in [3.63, 3.8) is 0 Å². The SMILES string of the molecule is C1=NC2N=C(Nc3ccc(Cc4ccncc4)cc3)NC(=NC3CC4CCC3C4)C2N1. The molecule has 2 saturated carbocycles. The molecule has 5 unspecified atom stereocenters. The second kappa shape index (κ2) is 7.80. The average molecular weight is 414 g/mol. The fourth-order valence-electron chi connectivity index (χ4n) is 5.37. The smallest absolute Gasteiger partial charge is 0.203 e. The number of pyridine rings is 1. The van der Waals surface area contributed by atoms with Crippen LogP contribution in [0.1, 0.15) is 36.8 Å². The first-order valence-corrected chi connectivity index (χ1v) is 11.3. The summed E-state index contributed by atoms with van der Waals surface area (Å²) in [5.41, 5.74) is 3.52. The van der Waals surface area contributed by atoms with Gasteiger partial charge in [0.2, 0.25) is 5.96 Å². The Bertz CT molecular complexity index is 1030. The van der Waals surface area contributed by atoms with Gasteiger partial charge >= 0.3 is 0 Å². The maximum absolute atomic E-state index is 5.15. The molecule has 0 saturated heterocycles. The van der Waals surface area contributed by atoms with Crippen LogP contribution < -0.4 is 16.0 Å². The predicted molar refractivity (Wildman–Crippen MR) is 124 cm³/mol. The summed E-state index contributed by atoms with van der Waals surface area (Å²) in [6.45, 7) is 0. The maximum Gasteiger partial charge on any atom is 0.203 e. The number of rotatable bonds is 4. The van der Waals surface area contributed by atoms with Gasteiger partial charge in [-0.05, 0) is 72.9 Å². The Morgan fingerprint density at radius 3 is 2.61 bits per heavy atom. The molecule has 1 aromatic heterocycles. The molecule has 2 fully saturated rings. The summed E-state index contributed by atoms with van der Waals surface area (Å²) in [5, 5.41) is 10.2. The van der Waals surface area contributed by atoms with Crippen molar-refractivity contribution in [2.24, 2.45) is 26.8 Å². The summed E-state index contributed by atoms with van der Waals surface area (Å²) >= 11 is 0. The van der Waals surface area contributed by atoms with E-state index in [0.29, 0.717) is 12.0 Å². The monoisotopic (exact) mass is 413 g/mol. The zero-order valence-corrected chi connectivity index (χ0v) is 17.4. The van der Waals surface area contributed by atoms with Crippen molar-refractivity contribution in [2.75, 3.05) is 5.32 Å². The van der Waals surface area contributed by atoms with Crippen molar-refractivity contribution < 1.29 is 0 Å². The van der Waals surface area contributed by atoms with Crippen LogP contribution in [-0.2, 0) is 6.42 Å². The molecule has 2 aromatic rings. The number of fused-ring (bicyclic) bond motifs is 3. The third kappa shape index (κ3) is 3.80. The van der Waals surface area contributed by atoms with Gasteiger partial charge in [0.15, 0.2) is 6.17 Å². The van der Waals surface area contributed by atoms with Gasteiger partial charge in [-0.3, -0.25) is 9.98 Å². The zero-order chi connectivity index (χ0) is 20.6. The van der Waals surface area contributed by atoms with E-state index >= 15 is 0 Å². The van der Waals surface area contributed by atoms with Gasteiger partial charge < -0.3 is 16.0 Å². The molecule has 158 valence electrons. The van der Waals surface area contributed by atoms with Gasteiger partial charge in [0, 0.05) is 18.1 Å². The maximum atomic E-state index is 5.15. The van der Waals surface area contributed by atoms with Crippen molar-refractivity contribution in [1.29, 1.82) is 0 Å². The Morgan fingerprint density at radius 2 is 1.84 bits per heavy atom. The Kier molecular flexibility index (Phi) is 4.66. The molecule has 2 aliphatic carbocycles. The minimum Gasteiger partial charge on any atom is -0.363 e. The number of nitrogens with one attached hydrogen (secondary N) is 3. The lowest BCUT2D eigenvalue weighted by atomic mass is 9.96. The van der Waals surface area contributed by atoms with Crippen LogP contribution in [-0.4, -0.2) is 41.4 Å². The predicted octanol–water partition coefficient (Wildman–Crippen LogP) is 2.96. The summed E-state index contributed by atoms with van der Waals surface area (Å²) < 4.78 is 0. The highest BCUT2D eigenvalue weighted by molar-refractivity contribution is 6.10. The number of amidine groups is 1. The number of aromatic nitrogens is 1. The first-order chi connectivity index (χ1) is 15.3. The normalized spacial score (nSPS) is 31.8. The van der Waals surface area contributed by atoms with E-state index in [4.69, 9.17) is 9.98 Å². The molecule has 2 aliphatic heterocycles. The number of nitrogens with zero attached hydrogens (tertiary/aromatic N) is 4. The van der Waals surface area contributed by atoms with Crippen LogP contribution in [0.2, 0.25) is 0 Å². The van der Waals surface area contributed by atoms with Crippen LogP contribution in [0.15, 0.2) is 63.8 Å². The van der Waals surface area contributed by atoms with Crippen LogP contribution >= 0.6 is 0 Å². The highest BCUT2D eigenvalue weighted by Gasteiger charge is 2.41. The molecule has 0 amide bonds. The quantitative estimate of drug-likeness (QED) is 0.719. The van der Waals surface area contributed by atoms with Gasteiger partial charge in [0.1, 0.15) is 11.9 Å². The summed E-state index contributed by atoms with van der Waals surface area (Å²) in [5.74, 6) is 3.31. The lowest BCUT2D eigenvalue weighted by molar-refractivity contribution is 0.417. The minimum atomic E-state index is -0.160. The summed E-state index contributed by atoms with van der Waals surface area (Å²) in [6, 6.07) is 13.0. The zero-order valence-electron chi connectivity index (χ0n) is 17.4. The molecule has 3 heterocycles. The van der Waals surface area contributed by atoms with E-state index in [1.165, 1.54) is 36.8 Å². The molecule has 3 N–H and O–H groups in total. The van der Waals surface area contributed by atoms with Gasteiger partial charge in [-0.15, -0.1) is 0 Å². The lowest BCUT2D eigenvalue weighted by Gasteiger charge is -2.28. The Balaban J connectivity index is 1.16. The topological polar surface area (TPSA) is 86.1 Å². The van der Waals surface area contributed by atoms with E-state index in [1.807, 2.05) is 12.4 Å². The van der Waals surface area contributed by atoms with E-state index in [0.717, 1.165) is 29.8 Å². The van der Waals surface area contributed by atoms with E-state index in [2.05, 4.69) is 62.3 Å². The molecule has 6 rings (SSSR count). The first-order valence-electron chi connectivity index (χ1n) is 11.3. The van der Waals surface area contributed by atoms with Crippen LogP contribution in [0.5, 0.6) is 0 Å². The van der Waals surface area contributed by atoms with Crippen molar-refractivity contribution in [3.8, 4) is 0 Å². The fraction of sp³-hybridized carbons (Fsp3) is 0.417. The number of benzene rings is 1. The molecular weight excluding hydrogens is 386 g/mol. The van der Waals surface area contributed by atoms with Gasteiger partial charge in [-0.2, -0.15) is 0 Å². The summed E-state index contributed by atoms with van der Waals surface area (Å²) in [4.78, 5) is 18.5. The molecule has 4 aliphatic rings. The standard InChI is InChI=1S/C24H27N7/c1-4-18-12-17(1)13-20(18)29-23-21-22(27-14-26-21)30-24(31-23)28-19-5-2-15(3-6-19)11-16-7-9-25-10-8-16/h2-3,5-10,14,17-18,20-22H,1,4,11-13H2,(H,26,27)(H2,28,29,30,31). The Morgan fingerprint density at radius 1 is 1.00 bits per heavy atom. The van der Waals surface area contributed by atoms with E-state index in [1.54, 1.807) is 6.34 Å². The first kappa shape index (κ1) is 18.5. The molecule has 7 heteroatoms. The highest BCUT2D eigenvalue weighted by atomic mass is 15.3. The number of hydrogen-bond acceptors (Lipinski definition) is 6. The van der Waals surface area contributed by atoms with E-state index in [9.17, 15) is 0 Å².